The van der Waals surface area contributed by atoms with Crippen molar-refractivity contribution in [2.75, 3.05) is 5.75 Å². The third-order valence-electron chi connectivity index (χ3n) is 1.44. The Hall–Kier alpha value is -0.210. The summed E-state index contributed by atoms with van der Waals surface area (Å²) in [6.07, 6.45) is 7.06. The normalized spacial score (nSPS) is 17.5. The molecular weight excluding hydrogens is 144 g/mol. The summed E-state index contributed by atoms with van der Waals surface area (Å²) >= 11 is 0. The molecule has 0 aromatic carbocycles. The number of hydrogen-bond acceptors (Lipinski definition) is 0. The van der Waals surface area contributed by atoms with E-state index in [0.717, 1.165) is 0 Å². The first-order valence-corrected chi connectivity index (χ1v) is 5.20. The van der Waals surface area contributed by atoms with Crippen LogP contribution in [0.2, 0.25) is 0 Å². The Labute approximate surface area is 65.5 Å². The molecule has 1 aliphatic rings. The lowest BCUT2D eigenvalue weighted by Gasteiger charge is -2.06. The van der Waals surface area contributed by atoms with Gasteiger partial charge in [-0.05, 0) is 23.0 Å². The fraction of sp³-hybridized carbons (Fsp3) is 0.500. The molecule has 1 heterocycles. The second-order valence-corrected chi connectivity index (χ2v) is 4.35. The van der Waals surface area contributed by atoms with Crippen molar-refractivity contribution in [2.24, 2.45) is 0 Å². The van der Waals surface area contributed by atoms with Crippen LogP contribution in [0.4, 0.5) is 0 Å². The lowest BCUT2D eigenvalue weighted by atomic mass is 10.4. The average Bonchev–Trinajstić information content (AvgIpc) is 2.34. The van der Waals surface area contributed by atoms with Gasteiger partial charge in [0.05, 0.1) is 0 Å². The Morgan fingerprint density at radius 3 is 2.30 bits per heavy atom. The Bertz CT molecular complexity index is 117. The molecule has 0 aliphatic carbocycles. The van der Waals surface area contributed by atoms with Gasteiger partial charge in [-0.1, -0.05) is 25.5 Å². The first-order valence-electron chi connectivity index (χ1n) is 3.54. The van der Waals surface area contributed by atoms with Gasteiger partial charge in [-0.3, -0.25) is 5.48 Å². The van der Waals surface area contributed by atoms with Gasteiger partial charge in [0.15, 0.2) is 0 Å². The molecule has 1 nitrogen and oxygen atoms in total. The largest absolute Gasteiger partial charge is 0.255 e. The van der Waals surface area contributed by atoms with Gasteiger partial charge in [0.1, 0.15) is 0 Å². The Kier molecular flexibility index (Phi) is 5.45. The van der Waals surface area contributed by atoms with E-state index in [9.17, 15) is 0 Å². The van der Waals surface area contributed by atoms with Gasteiger partial charge in [0.25, 0.3) is 0 Å². The number of allylic oxidation sites excluding steroid dienone is 2. The van der Waals surface area contributed by atoms with Crippen LogP contribution in [0, 0.1) is 0 Å². The van der Waals surface area contributed by atoms with Gasteiger partial charge in [0, 0.05) is 0 Å². The van der Waals surface area contributed by atoms with Crippen molar-refractivity contribution < 1.29 is 5.48 Å². The summed E-state index contributed by atoms with van der Waals surface area (Å²) in [5.41, 5.74) is 0. The highest BCUT2D eigenvalue weighted by Gasteiger charge is 1.95. The van der Waals surface area contributed by atoms with Gasteiger partial charge < -0.3 is 0 Å². The molecule has 0 aromatic rings. The van der Waals surface area contributed by atoms with Crippen LogP contribution in [0.1, 0.15) is 19.8 Å². The molecule has 0 saturated heterocycles. The second kappa shape index (κ2) is 5.57. The van der Waals surface area contributed by atoms with E-state index in [1.807, 2.05) is 0 Å². The van der Waals surface area contributed by atoms with Crippen molar-refractivity contribution in [1.82, 2.24) is 0 Å². The van der Waals surface area contributed by atoms with Gasteiger partial charge in [-0.15, -0.1) is 0 Å². The molecule has 1 aliphatic heterocycles. The van der Waals surface area contributed by atoms with Crippen LogP contribution >= 0.6 is 10.9 Å². The first-order chi connectivity index (χ1) is 4.43. The highest BCUT2D eigenvalue weighted by Crippen LogP contribution is 2.33. The van der Waals surface area contributed by atoms with Crippen molar-refractivity contribution in [3.63, 3.8) is 0 Å². The lowest BCUT2D eigenvalue weighted by molar-refractivity contribution is 0.824. The molecule has 0 unspecified atom stereocenters. The van der Waals surface area contributed by atoms with Crippen LogP contribution < -0.4 is 0 Å². The van der Waals surface area contributed by atoms with E-state index in [0.29, 0.717) is 0 Å². The predicted molar refractivity (Wildman–Crippen MR) is 49.0 cm³/mol. The van der Waals surface area contributed by atoms with E-state index in [1.165, 1.54) is 18.6 Å². The first kappa shape index (κ1) is 9.79. The van der Waals surface area contributed by atoms with E-state index in [4.69, 9.17) is 0 Å². The molecule has 0 atom stereocenters. The van der Waals surface area contributed by atoms with Crippen molar-refractivity contribution in [1.29, 1.82) is 0 Å². The van der Waals surface area contributed by atoms with Crippen LogP contribution in [0.3, 0.4) is 0 Å². The fourth-order valence-electron chi connectivity index (χ4n) is 0.860. The van der Waals surface area contributed by atoms with Crippen molar-refractivity contribution in [3.05, 3.63) is 23.0 Å². The van der Waals surface area contributed by atoms with E-state index in [-0.39, 0.29) is 16.4 Å². The molecule has 0 saturated carbocycles. The molecule has 0 bridgehead atoms. The SMILES string of the molecule is CCCC[SH]1C=CC=C1.[OH]. The van der Waals surface area contributed by atoms with Gasteiger partial charge in [-0.25, -0.2) is 10.9 Å². The van der Waals surface area contributed by atoms with Crippen LogP contribution in [-0.4, -0.2) is 11.2 Å². The number of thiol groups is 1. The minimum Gasteiger partial charge on any atom is -0.255 e. The molecule has 2 heteroatoms. The number of hydrogen-bond donors (Lipinski definition) is 2. The summed E-state index contributed by atoms with van der Waals surface area (Å²) < 4.78 is 0. The van der Waals surface area contributed by atoms with Crippen LogP contribution in [0.25, 0.3) is 0 Å². The van der Waals surface area contributed by atoms with Gasteiger partial charge in [0.2, 0.25) is 0 Å². The van der Waals surface area contributed by atoms with Gasteiger partial charge >= 0.3 is 0 Å². The maximum Gasteiger partial charge on any atom is -0.0185 e. The summed E-state index contributed by atoms with van der Waals surface area (Å²) in [6.45, 7) is 2.25. The van der Waals surface area contributed by atoms with E-state index in [2.05, 4.69) is 29.9 Å². The Balaban J connectivity index is 0.000000810. The number of rotatable bonds is 3. The maximum atomic E-state index is 2.34. The summed E-state index contributed by atoms with van der Waals surface area (Å²) in [7, 11) is 0.188. The molecular formula is C8H15OS. The third-order valence-corrected chi connectivity index (χ3v) is 3.38. The van der Waals surface area contributed by atoms with Crippen molar-refractivity contribution >= 4 is 10.9 Å². The summed E-state index contributed by atoms with van der Waals surface area (Å²) in [6, 6.07) is 0. The van der Waals surface area contributed by atoms with Crippen molar-refractivity contribution in [3.8, 4) is 0 Å². The summed E-state index contributed by atoms with van der Waals surface area (Å²) in [4.78, 5) is 0. The van der Waals surface area contributed by atoms with Crippen molar-refractivity contribution in [2.45, 2.75) is 19.8 Å². The topological polar surface area (TPSA) is 30.0 Å². The zero-order valence-electron chi connectivity index (χ0n) is 6.33. The minimum absolute atomic E-state index is 0. The fourth-order valence-corrected chi connectivity index (χ4v) is 2.58. The predicted octanol–water partition coefficient (Wildman–Crippen LogP) is 2.65. The molecule has 0 fully saturated rings. The molecule has 1 N–H and O–H groups in total. The second-order valence-electron chi connectivity index (χ2n) is 2.27. The Morgan fingerprint density at radius 1 is 1.20 bits per heavy atom. The van der Waals surface area contributed by atoms with Crippen LogP contribution in [-0.2, 0) is 0 Å². The molecule has 1 radical (unpaired) electrons. The maximum absolute atomic E-state index is 2.34. The highest BCUT2D eigenvalue weighted by atomic mass is 32.2. The highest BCUT2D eigenvalue weighted by molar-refractivity contribution is 8.22. The van der Waals surface area contributed by atoms with Gasteiger partial charge in [-0.2, -0.15) is 0 Å². The monoisotopic (exact) mass is 159 g/mol. The van der Waals surface area contributed by atoms with Crippen LogP contribution in [0.5, 0.6) is 0 Å². The summed E-state index contributed by atoms with van der Waals surface area (Å²) in [5, 5.41) is 4.68. The smallest absolute Gasteiger partial charge is 0.0185 e. The van der Waals surface area contributed by atoms with E-state index < -0.39 is 0 Å². The zero-order chi connectivity index (χ0) is 6.53. The zero-order valence-corrected chi connectivity index (χ0v) is 7.22. The Morgan fingerprint density at radius 2 is 1.80 bits per heavy atom. The molecule has 0 aromatic heterocycles. The average molecular weight is 159 g/mol. The number of unbranched alkanes of at least 4 members (excludes halogenated alkanes) is 1. The quantitative estimate of drug-likeness (QED) is 0.593. The summed E-state index contributed by atoms with van der Waals surface area (Å²) in [5.74, 6) is 1.40. The third kappa shape index (κ3) is 3.08. The molecule has 1 rings (SSSR count). The molecule has 59 valence electrons. The molecule has 0 amide bonds. The lowest BCUT2D eigenvalue weighted by Crippen LogP contribution is -1.79. The molecule has 0 spiro atoms. The minimum atomic E-state index is 0. The van der Waals surface area contributed by atoms with E-state index in [1.54, 1.807) is 0 Å². The molecule has 10 heavy (non-hydrogen) atoms. The van der Waals surface area contributed by atoms with Crippen LogP contribution in [0.15, 0.2) is 23.0 Å². The standard InChI is InChI=1S/C8H14S.HO/c1-2-3-6-9-7-4-5-8-9;/h4-5,7-9H,2-3,6H2,1H3;1H. The van der Waals surface area contributed by atoms with E-state index >= 15 is 0 Å².